The highest BCUT2D eigenvalue weighted by Gasteiger charge is 2.17. The predicted octanol–water partition coefficient (Wildman–Crippen LogP) is 1.46. The van der Waals surface area contributed by atoms with Crippen molar-refractivity contribution < 1.29 is 9.18 Å². The van der Waals surface area contributed by atoms with Crippen LogP contribution in [0, 0.1) is 5.82 Å². The van der Waals surface area contributed by atoms with Crippen molar-refractivity contribution in [2.75, 3.05) is 46.3 Å². The molecule has 0 atom stereocenters. The van der Waals surface area contributed by atoms with Gasteiger partial charge < -0.3 is 10.2 Å². The fraction of sp³-hybridized carbons (Fsp3) is 0.500. The Hall–Kier alpha value is -1.17. The highest BCUT2D eigenvalue weighted by atomic mass is 35.5. The summed E-state index contributed by atoms with van der Waals surface area (Å²) in [6, 6.07) is 3.85. The number of hydrogen-bond donors (Lipinski definition) is 1. The molecule has 1 amide bonds. The van der Waals surface area contributed by atoms with Crippen LogP contribution in [0.25, 0.3) is 0 Å². The fourth-order valence-corrected chi connectivity index (χ4v) is 2.44. The Kier molecular flexibility index (Phi) is 5.34. The van der Waals surface area contributed by atoms with E-state index in [0.29, 0.717) is 12.1 Å². The molecule has 1 fully saturated rings. The molecule has 4 nitrogen and oxygen atoms in total. The molecule has 1 saturated heterocycles. The van der Waals surface area contributed by atoms with Gasteiger partial charge in [-0.3, -0.25) is 9.69 Å². The summed E-state index contributed by atoms with van der Waals surface area (Å²) < 4.78 is 13.0. The van der Waals surface area contributed by atoms with Gasteiger partial charge in [0.05, 0.1) is 10.6 Å². The first kappa shape index (κ1) is 15.2. The number of hydrogen-bond acceptors (Lipinski definition) is 3. The van der Waals surface area contributed by atoms with Crippen molar-refractivity contribution in [2.45, 2.75) is 0 Å². The van der Waals surface area contributed by atoms with E-state index in [1.54, 1.807) is 11.9 Å². The molecule has 1 heterocycles. The van der Waals surface area contributed by atoms with Crippen LogP contribution in [0.15, 0.2) is 18.2 Å². The van der Waals surface area contributed by atoms with Crippen molar-refractivity contribution in [3.8, 4) is 0 Å². The zero-order valence-electron chi connectivity index (χ0n) is 11.5. The third-order valence-electron chi connectivity index (χ3n) is 3.47. The van der Waals surface area contributed by atoms with E-state index >= 15 is 0 Å². The summed E-state index contributed by atoms with van der Waals surface area (Å²) in [6.45, 7) is 5.44. The van der Waals surface area contributed by atoms with Crippen LogP contribution in [0.3, 0.4) is 0 Å². The Morgan fingerprint density at radius 3 is 2.80 bits per heavy atom. The van der Waals surface area contributed by atoms with Gasteiger partial charge >= 0.3 is 0 Å². The minimum Gasteiger partial charge on any atom is -0.340 e. The average Bonchev–Trinajstić information content (AvgIpc) is 2.45. The van der Waals surface area contributed by atoms with Crippen molar-refractivity contribution in [1.29, 1.82) is 0 Å². The molecule has 20 heavy (non-hydrogen) atoms. The highest BCUT2D eigenvalue weighted by Crippen LogP contribution is 2.18. The summed E-state index contributed by atoms with van der Waals surface area (Å²) in [4.78, 5) is 16.2. The van der Waals surface area contributed by atoms with Gasteiger partial charge in [0.2, 0.25) is 0 Å². The molecule has 110 valence electrons. The van der Waals surface area contributed by atoms with E-state index in [4.69, 9.17) is 11.6 Å². The molecular formula is C14H19ClFN3O. The van der Waals surface area contributed by atoms with Crippen LogP contribution >= 0.6 is 11.6 Å². The van der Waals surface area contributed by atoms with Crippen LogP contribution in [0.4, 0.5) is 4.39 Å². The maximum Gasteiger partial charge on any atom is 0.255 e. The Morgan fingerprint density at radius 1 is 1.45 bits per heavy atom. The molecule has 1 aliphatic rings. The molecule has 1 aliphatic heterocycles. The Balaban J connectivity index is 1.90. The number of nitrogens with one attached hydrogen (secondary N) is 1. The smallest absolute Gasteiger partial charge is 0.255 e. The first-order chi connectivity index (χ1) is 9.58. The lowest BCUT2D eigenvalue weighted by atomic mass is 10.2. The molecule has 6 heteroatoms. The van der Waals surface area contributed by atoms with E-state index in [1.807, 2.05) is 0 Å². The number of piperazine rings is 1. The standard InChI is InChI=1S/C14H19ClFN3O/c1-18(8-9-19-6-4-17-5-7-19)14(20)12-3-2-11(16)10-13(12)15/h2-3,10,17H,4-9H2,1H3. The van der Waals surface area contributed by atoms with Crippen LogP contribution < -0.4 is 5.32 Å². The average molecular weight is 300 g/mol. The van der Waals surface area contributed by atoms with Gasteiger partial charge in [-0.25, -0.2) is 4.39 Å². The Bertz CT molecular complexity index is 477. The third-order valence-corrected chi connectivity index (χ3v) is 3.78. The maximum atomic E-state index is 13.0. The molecule has 0 radical (unpaired) electrons. The van der Waals surface area contributed by atoms with Crippen molar-refractivity contribution >= 4 is 17.5 Å². The van der Waals surface area contributed by atoms with Crippen LogP contribution in [0.1, 0.15) is 10.4 Å². The molecule has 0 aliphatic carbocycles. The summed E-state index contributed by atoms with van der Waals surface area (Å²) in [5, 5.41) is 3.45. The molecule has 1 aromatic rings. The number of likely N-dealkylation sites (N-methyl/N-ethyl adjacent to an activating group) is 1. The first-order valence-corrected chi connectivity index (χ1v) is 7.09. The van der Waals surface area contributed by atoms with E-state index in [2.05, 4.69) is 10.2 Å². The van der Waals surface area contributed by atoms with Gasteiger partial charge in [-0.05, 0) is 18.2 Å². The van der Waals surface area contributed by atoms with Crippen LogP contribution in [0.2, 0.25) is 5.02 Å². The lowest BCUT2D eigenvalue weighted by molar-refractivity contribution is 0.0775. The fourth-order valence-electron chi connectivity index (χ4n) is 2.20. The molecule has 1 N–H and O–H groups in total. The van der Waals surface area contributed by atoms with Crippen molar-refractivity contribution in [2.24, 2.45) is 0 Å². The number of benzene rings is 1. The third kappa shape index (κ3) is 3.91. The number of carbonyl (C=O) groups excluding carboxylic acids is 1. The largest absolute Gasteiger partial charge is 0.340 e. The van der Waals surface area contributed by atoms with E-state index in [0.717, 1.165) is 32.7 Å². The second-order valence-electron chi connectivity index (χ2n) is 4.94. The van der Waals surface area contributed by atoms with Gasteiger partial charge in [0.1, 0.15) is 5.82 Å². The number of amides is 1. The van der Waals surface area contributed by atoms with Gasteiger partial charge in [0.15, 0.2) is 0 Å². The molecule has 0 aromatic heterocycles. The summed E-state index contributed by atoms with van der Waals surface area (Å²) in [5.74, 6) is -0.611. The number of carbonyl (C=O) groups is 1. The zero-order valence-corrected chi connectivity index (χ0v) is 12.3. The minimum absolute atomic E-state index is 0.157. The normalized spacial score (nSPS) is 16.1. The molecule has 0 spiro atoms. The van der Waals surface area contributed by atoms with Crippen molar-refractivity contribution in [3.63, 3.8) is 0 Å². The Labute approximate surface area is 123 Å². The minimum atomic E-state index is -0.435. The van der Waals surface area contributed by atoms with E-state index in [9.17, 15) is 9.18 Å². The number of rotatable bonds is 4. The molecule has 0 unspecified atom stereocenters. The van der Waals surface area contributed by atoms with Crippen molar-refractivity contribution in [3.05, 3.63) is 34.6 Å². The zero-order chi connectivity index (χ0) is 14.5. The lowest BCUT2D eigenvalue weighted by Gasteiger charge is -2.29. The topological polar surface area (TPSA) is 35.6 Å². The van der Waals surface area contributed by atoms with Crippen LogP contribution in [-0.2, 0) is 0 Å². The van der Waals surface area contributed by atoms with Crippen LogP contribution in [0.5, 0.6) is 0 Å². The molecule has 0 bridgehead atoms. The molecule has 2 rings (SSSR count). The van der Waals surface area contributed by atoms with Crippen LogP contribution in [-0.4, -0.2) is 62.0 Å². The second kappa shape index (κ2) is 7.02. The van der Waals surface area contributed by atoms with Gasteiger partial charge in [-0.1, -0.05) is 11.6 Å². The molecule has 1 aromatic carbocycles. The Morgan fingerprint density at radius 2 is 2.15 bits per heavy atom. The summed E-state index contributed by atoms with van der Waals surface area (Å²) in [7, 11) is 1.74. The molecule has 0 saturated carbocycles. The lowest BCUT2D eigenvalue weighted by Crippen LogP contribution is -2.46. The summed E-state index contributed by atoms with van der Waals surface area (Å²) >= 11 is 5.91. The summed E-state index contributed by atoms with van der Waals surface area (Å²) in [5.41, 5.74) is 0.343. The SMILES string of the molecule is CN(CCN1CCNCC1)C(=O)c1ccc(F)cc1Cl. The highest BCUT2D eigenvalue weighted by molar-refractivity contribution is 6.33. The van der Waals surface area contributed by atoms with Crippen molar-refractivity contribution in [1.82, 2.24) is 15.1 Å². The molecular weight excluding hydrogens is 281 g/mol. The van der Waals surface area contributed by atoms with Gasteiger partial charge in [-0.15, -0.1) is 0 Å². The van der Waals surface area contributed by atoms with Gasteiger partial charge in [0, 0.05) is 46.3 Å². The monoisotopic (exact) mass is 299 g/mol. The predicted molar refractivity (Wildman–Crippen MR) is 77.7 cm³/mol. The maximum absolute atomic E-state index is 13.0. The second-order valence-corrected chi connectivity index (χ2v) is 5.35. The van der Waals surface area contributed by atoms with E-state index < -0.39 is 5.82 Å². The first-order valence-electron chi connectivity index (χ1n) is 6.71. The summed E-state index contributed by atoms with van der Waals surface area (Å²) in [6.07, 6.45) is 0. The van der Waals surface area contributed by atoms with E-state index in [-0.39, 0.29) is 10.9 Å². The number of halogens is 2. The van der Waals surface area contributed by atoms with Gasteiger partial charge in [0.25, 0.3) is 5.91 Å². The quantitative estimate of drug-likeness (QED) is 0.914. The number of nitrogens with zero attached hydrogens (tertiary/aromatic N) is 2. The van der Waals surface area contributed by atoms with E-state index in [1.165, 1.54) is 18.2 Å². The van der Waals surface area contributed by atoms with Gasteiger partial charge in [-0.2, -0.15) is 0 Å².